The van der Waals surface area contributed by atoms with E-state index in [0.29, 0.717) is 12.1 Å². The second-order valence-corrected chi connectivity index (χ2v) is 12.7. The second-order valence-electron chi connectivity index (χ2n) is 10.8. The number of nitrogens with two attached hydrogens (primary N) is 1. The maximum atomic E-state index is 13.5. The van der Waals surface area contributed by atoms with E-state index in [0.717, 1.165) is 24.9 Å². The molecule has 268 valence electrons. The number of alkyl carbamates (subject to hydrolysis) is 1. The predicted molar refractivity (Wildman–Crippen MR) is 179 cm³/mol. The zero-order valence-electron chi connectivity index (χ0n) is 27.6. The van der Waals surface area contributed by atoms with Gasteiger partial charge in [0.15, 0.2) is 0 Å². The fourth-order valence-corrected chi connectivity index (χ4v) is 6.39. The molecule has 11 nitrogen and oxygen atoms in total. The number of nitrogens with one attached hydrogen (secondary N) is 2. The standard InChI is InChI=1S/C21H31F3N4O7S.C13H12/c1-4-12-28(36(32,33)15-10-8-14(25)9-11-15)16(19(30)34-2)6-5-7-17(21(22,23)24)27-18(29)13-26-20(31)35-3;1-3-7-12(8-4-1)11-13-9-5-2-6-10-13/h8-11,16-17H,4-7,12-13,25H2,1-3H3,(H,26,31)(H,27,29);1-10H,11H2/t16?,17-;/m1./s1. The van der Waals surface area contributed by atoms with Crippen LogP contribution in [0.15, 0.2) is 89.8 Å². The zero-order valence-corrected chi connectivity index (χ0v) is 28.4. The molecule has 1 unspecified atom stereocenters. The van der Waals surface area contributed by atoms with Crippen LogP contribution in [0.4, 0.5) is 23.7 Å². The Hall–Kier alpha value is -4.63. The number of nitrogens with zero attached hydrogens (tertiary/aromatic N) is 1. The number of hydrogen-bond donors (Lipinski definition) is 3. The van der Waals surface area contributed by atoms with Gasteiger partial charge in [-0.15, -0.1) is 0 Å². The average Bonchev–Trinajstić information content (AvgIpc) is 3.08. The first-order valence-corrected chi connectivity index (χ1v) is 16.9. The van der Waals surface area contributed by atoms with Gasteiger partial charge in [-0.25, -0.2) is 13.2 Å². The van der Waals surface area contributed by atoms with Crippen molar-refractivity contribution in [1.82, 2.24) is 14.9 Å². The van der Waals surface area contributed by atoms with E-state index in [1.807, 2.05) is 5.32 Å². The Bertz CT molecular complexity index is 1520. The molecule has 0 aliphatic rings. The highest BCUT2D eigenvalue weighted by atomic mass is 32.2. The Morgan fingerprint density at radius 1 is 0.857 bits per heavy atom. The molecule has 0 radical (unpaired) electrons. The first-order chi connectivity index (χ1) is 23.2. The lowest BCUT2D eigenvalue weighted by molar-refractivity contribution is -0.163. The summed E-state index contributed by atoms with van der Waals surface area (Å²) in [4.78, 5) is 35.2. The number of carbonyl (C=O) groups excluding carboxylic acids is 3. The van der Waals surface area contributed by atoms with Crippen molar-refractivity contribution in [3.63, 3.8) is 0 Å². The van der Waals surface area contributed by atoms with Crippen molar-refractivity contribution in [2.75, 3.05) is 33.0 Å². The smallest absolute Gasteiger partial charge is 0.408 e. The van der Waals surface area contributed by atoms with Gasteiger partial charge < -0.3 is 25.8 Å². The SMILES string of the molecule is CCCN(C(CCC[C@@H](NC(=O)CNC(=O)OC)C(F)(F)F)C(=O)OC)S(=O)(=O)c1ccc(N)cc1.c1ccc(Cc2ccccc2)cc1. The summed E-state index contributed by atoms with van der Waals surface area (Å²) >= 11 is 0. The van der Waals surface area contributed by atoms with E-state index in [1.54, 1.807) is 12.2 Å². The minimum atomic E-state index is -4.83. The number of benzene rings is 3. The molecule has 0 heterocycles. The van der Waals surface area contributed by atoms with Crippen LogP contribution in [-0.2, 0) is 35.5 Å². The average molecular weight is 709 g/mol. The number of esters is 1. The van der Waals surface area contributed by atoms with Gasteiger partial charge in [0, 0.05) is 12.2 Å². The van der Waals surface area contributed by atoms with Crippen molar-refractivity contribution in [3.05, 3.63) is 96.1 Å². The van der Waals surface area contributed by atoms with Crippen LogP contribution in [-0.4, -0.2) is 76.3 Å². The molecule has 3 aromatic rings. The predicted octanol–water partition coefficient (Wildman–Crippen LogP) is 5.06. The van der Waals surface area contributed by atoms with E-state index in [1.165, 1.54) is 35.4 Å². The molecule has 2 amide bonds. The minimum Gasteiger partial charge on any atom is -0.468 e. The topological polar surface area (TPSA) is 157 Å². The third-order valence-corrected chi connectivity index (χ3v) is 9.05. The molecule has 0 saturated heterocycles. The number of sulfonamides is 1. The molecule has 15 heteroatoms. The molecule has 4 N–H and O–H groups in total. The van der Waals surface area contributed by atoms with Crippen molar-refractivity contribution in [1.29, 1.82) is 0 Å². The Labute approximate surface area is 285 Å². The van der Waals surface area contributed by atoms with Gasteiger partial charge in [0.2, 0.25) is 15.9 Å². The van der Waals surface area contributed by atoms with Gasteiger partial charge >= 0.3 is 18.2 Å². The molecular weight excluding hydrogens is 665 g/mol. The monoisotopic (exact) mass is 708 g/mol. The van der Waals surface area contributed by atoms with Gasteiger partial charge in [0.25, 0.3) is 0 Å². The van der Waals surface area contributed by atoms with Crippen LogP contribution < -0.4 is 16.4 Å². The van der Waals surface area contributed by atoms with Crippen molar-refractivity contribution < 1.29 is 45.4 Å². The van der Waals surface area contributed by atoms with E-state index < -0.39 is 59.2 Å². The van der Waals surface area contributed by atoms with Crippen LogP contribution in [0.25, 0.3) is 0 Å². The summed E-state index contributed by atoms with van der Waals surface area (Å²) in [7, 11) is -2.15. The normalized spacial score (nSPS) is 12.6. The van der Waals surface area contributed by atoms with Crippen LogP contribution in [0.3, 0.4) is 0 Å². The highest BCUT2D eigenvalue weighted by molar-refractivity contribution is 7.89. The summed E-state index contributed by atoms with van der Waals surface area (Å²) in [6, 6.07) is 22.6. The Kier molecular flexibility index (Phi) is 16.6. The van der Waals surface area contributed by atoms with E-state index >= 15 is 0 Å². The van der Waals surface area contributed by atoms with E-state index in [9.17, 15) is 36.0 Å². The molecular formula is C34H43F3N4O7S. The molecule has 2 atom stereocenters. The highest BCUT2D eigenvalue weighted by Gasteiger charge is 2.41. The molecule has 3 aromatic carbocycles. The van der Waals surface area contributed by atoms with E-state index in [4.69, 9.17) is 10.5 Å². The quantitative estimate of drug-likeness (QED) is 0.146. The van der Waals surface area contributed by atoms with E-state index in [-0.39, 0.29) is 24.3 Å². The first-order valence-electron chi connectivity index (χ1n) is 15.4. The number of anilines is 1. The lowest BCUT2D eigenvalue weighted by atomic mass is 10.0. The minimum absolute atomic E-state index is 0.0922. The first kappa shape index (κ1) is 40.5. The van der Waals surface area contributed by atoms with Crippen molar-refractivity contribution in [3.8, 4) is 0 Å². The van der Waals surface area contributed by atoms with Gasteiger partial charge in [-0.05, 0) is 67.5 Å². The third kappa shape index (κ3) is 13.8. The molecule has 0 aromatic heterocycles. The molecule has 49 heavy (non-hydrogen) atoms. The number of ether oxygens (including phenoxy) is 2. The van der Waals surface area contributed by atoms with Crippen LogP contribution in [0.2, 0.25) is 0 Å². The van der Waals surface area contributed by atoms with Gasteiger partial charge in [0.05, 0.1) is 19.1 Å². The fourth-order valence-electron chi connectivity index (χ4n) is 4.68. The van der Waals surface area contributed by atoms with Gasteiger partial charge in [-0.1, -0.05) is 67.6 Å². The summed E-state index contributed by atoms with van der Waals surface area (Å²) in [5.74, 6) is -2.04. The molecule has 0 aliphatic heterocycles. The maximum absolute atomic E-state index is 13.5. The lowest BCUT2D eigenvalue weighted by Gasteiger charge is -2.29. The molecule has 0 bridgehead atoms. The van der Waals surface area contributed by atoms with Crippen LogP contribution in [0, 0.1) is 0 Å². The maximum Gasteiger partial charge on any atom is 0.408 e. The third-order valence-electron chi connectivity index (χ3n) is 7.12. The summed E-state index contributed by atoms with van der Waals surface area (Å²) < 4.78 is 76.8. The van der Waals surface area contributed by atoms with Gasteiger partial charge in [-0.3, -0.25) is 9.59 Å². The molecule has 3 rings (SSSR count). The zero-order chi connectivity index (χ0) is 36.5. The van der Waals surface area contributed by atoms with Crippen LogP contribution in [0.5, 0.6) is 0 Å². The molecule has 0 aliphatic carbocycles. The summed E-state index contributed by atoms with van der Waals surface area (Å²) in [6.07, 6.45) is -5.72. The summed E-state index contributed by atoms with van der Waals surface area (Å²) in [6.45, 7) is 0.844. The Morgan fingerprint density at radius 3 is 1.88 bits per heavy atom. The number of halogens is 3. The van der Waals surface area contributed by atoms with E-state index in [2.05, 4.69) is 65.4 Å². The number of carbonyl (C=O) groups is 3. The van der Waals surface area contributed by atoms with Gasteiger partial charge in [-0.2, -0.15) is 17.5 Å². The highest BCUT2D eigenvalue weighted by Crippen LogP contribution is 2.27. The van der Waals surface area contributed by atoms with Crippen LogP contribution in [0.1, 0.15) is 43.7 Å². The Morgan fingerprint density at radius 2 is 1.41 bits per heavy atom. The molecule has 0 fully saturated rings. The number of methoxy groups -OCH3 is 2. The number of nitrogen functional groups attached to an aromatic ring is 1. The molecule has 0 saturated carbocycles. The van der Waals surface area contributed by atoms with Crippen molar-refractivity contribution in [2.24, 2.45) is 0 Å². The summed E-state index contributed by atoms with van der Waals surface area (Å²) in [5.41, 5.74) is 8.67. The molecule has 0 spiro atoms. The largest absolute Gasteiger partial charge is 0.468 e. The fraction of sp³-hybridized carbons (Fsp3) is 0.382. The number of rotatable bonds is 15. The second kappa shape index (κ2) is 20.0. The number of alkyl halides is 3. The van der Waals surface area contributed by atoms with Crippen molar-refractivity contribution >= 4 is 33.7 Å². The van der Waals surface area contributed by atoms with Crippen LogP contribution >= 0.6 is 0 Å². The van der Waals surface area contributed by atoms with Crippen molar-refractivity contribution in [2.45, 2.75) is 62.2 Å². The number of hydrogen-bond acceptors (Lipinski definition) is 8. The summed E-state index contributed by atoms with van der Waals surface area (Å²) in [5, 5.41) is 3.74. The Balaban J connectivity index is 0.000000526. The van der Waals surface area contributed by atoms with Gasteiger partial charge in [0.1, 0.15) is 18.6 Å². The lowest BCUT2D eigenvalue weighted by Crippen LogP contribution is -2.49. The number of amides is 2.